The lowest BCUT2D eigenvalue weighted by molar-refractivity contribution is -0.124. The van der Waals surface area contributed by atoms with Gasteiger partial charge in [0.1, 0.15) is 5.82 Å². The lowest BCUT2D eigenvalue weighted by Crippen LogP contribution is -2.31. The molecule has 0 fully saturated rings. The SMILES string of the molecule is C[C@@H](CNC(=O)COC(=O)c1ccccc1SCC(=O)Nc1ccc(F)cc1)c1ccccc1. The molecule has 0 spiro atoms. The zero-order chi connectivity index (χ0) is 24.3. The van der Waals surface area contributed by atoms with E-state index in [1.807, 2.05) is 37.3 Å². The van der Waals surface area contributed by atoms with Gasteiger partial charge < -0.3 is 15.4 Å². The number of rotatable bonds is 10. The fourth-order valence-corrected chi connectivity index (χ4v) is 3.90. The molecule has 0 aliphatic heterocycles. The first kappa shape index (κ1) is 25.0. The fraction of sp³-hybridized carbons (Fsp3) is 0.192. The Morgan fingerprint density at radius 1 is 0.912 bits per heavy atom. The van der Waals surface area contributed by atoms with Crippen LogP contribution in [0.3, 0.4) is 0 Å². The summed E-state index contributed by atoms with van der Waals surface area (Å²) in [5.41, 5.74) is 1.86. The molecule has 3 rings (SSSR count). The van der Waals surface area contributed by atoms with Crippen LogP contribution in [-0.4, -0.2) is 36.7 Å². The number of ether oxygens (including phenoxy) is 1. The summed E-state index contributed by atoms with van der Waals surface area (Å²) in [5, 5.41) is 5.44. The Bertz CT molecular complexity index is 1120. The minimum atomic E-state index is -0.645. The van der Waals surface area contributed by atoms with Crippen LogP contribution in [0.1, 0.15) is 28.8 Å². The Labute approximate surface area is 201 Å². The molecule has 0 radical (unpaired) electrons. The van der Waals surface area contributed by atoms with Gasteiger partial charge in [-0.3, -0.25) is 9.59 Å². The van der Waals surface area contributed by atoms with Crippen molar-refractivity contribution in [3.05, 3.63) is 95.8 Å². The number of carbonyl (C=O) groups excluding carboxylic acids is 3. The number of carbonyl (C=O) groups is 3. The Balaban J connectivity index is 1.47. The molecule has 0 aliphatic rings. The Morgan fingerprint density at radius 2 is 1.59 bits per heavy atom. The number of nitrogens with one attached hydrogen (secondary N) is 2. The summed E-state index contributed by atoms with van der Waals surface area (Å²) in [7, 11) is 0. The van der Waals surface area contributed by atoms with Crippen LogP contribution in [0.25, 0.3) is 0 Å². The molecular formula is C26H25FN2O4S. The molecule has 0 heterocycles. The third-order valence-corrected chi connectivity index (χ3v) is 5.98. The van der Waals surface area contributed by atoms with E-state index in [0.29, 0.717) is 17.1 Å². The van der Waals surface area contributed by atoms with Crippen molar-refractivity contribution in [1.82, 2.24) is 5.32 Å². The predicted molar refractivity (Wildman–Crippen MR) is 130 cm³/mol. The quantitative estimate of drug-likeness (QED) is 0.326. The molecule has 3 aromatic rings. The maximum Gasteiger partial charge on any atom is 0.339 e. The number of hydrogen-bond donors (Lipinski definition) is 2. The molecule has 0 saturated carbocycles. The van der Waals surface area contributed by atoms with E-state index in [2.05, 4.69) is 10.6 Å². The third-order valence-electron chi connectivity index (χ3n) is 4.90. The predicted octanol–water partition coefficient (Wildman–Crippen LogP) is 4.63. The number of thioether (sulfide) groups is 1. The van der Waals surface area contributed by atoms with E-state index < -0.39 is 12.6 Å². The first-order chi connectivity index (χ1) is 16.4. The van der Waals surface area contributed by atoms with Crippen LogP contribution >= 0.6 is 11.8 Å². The maximum absolute atomic E-state index is 13.0. The average molecular weight is 481 g/mol. The van der Waals surface area contributed by atoms with Gasteiger partial charge in [0.2, 0.25) is 5.91 Å². The van der Waals surface area contributed by atoms with Gasteiger partial charge in [0.15, 0.2) is 6.61 Å². The standard InChI is InChI=1S/C26H25FN2O4S/c1-18(19-7-3-2-4-8-19)15-28-24(30)16-33-26(32)22-9-5-6-10-23(22)34-17-25(31)29-21-13-11-20(27)12-14-21/h2-14,18H,15-17H2,1H3,(H,28,30)(H,29,31)/t18-/m0/s1. The first-order valence-electron chi connectivity index (χ1n) is 10.7. The van der Waals surface area contributed by atoms with Crippen molar-refractivity contribution in [2.24, 2.45) is 0 Å². The van der Waals surface area contributed by atoms with Crippen molar-refractivity contribution in [3.8, 4) is 0 Å². The topological polar surface area (TPSA) is 84.5 Å². The van der Waals surface area contributed by atoms with Gasteiger partial charge in [-0.2, -0.15) is 0 Å². The van der Waals surface area contributed by atoms with Gasteiger partial charge in [0, 0.05) is 17.1 Å². The second-order valence-electron chi connectivity index (χ2n) is 7.53. The van der Waals surface area contributed by atoms with Crippen LogP contribution in [0.5, 0.6) is 0 Å². The second kappa shape index (κ2) is 12.6. The normalized spacial score (nSPS) is 11.4. The molecule has 0 unspecified atom stereocenters. The van der Waals surface area contributed by atoms with E-state index in [1.54, 1.807) is 24.3 Å². The van der Waals surface area contributed by atoms with Gasteiger partial charge >= 0.3 is 5.97 Å². The van der Waals surface area contributed by atoms with E-state index in [-0.39, 0.29) is 34.9 Å². The number of hydrogen-bond acceptors (Lipinski definition) is 5. The molecule has 2 amide bonds. The van der Waals surface area contributed by atoms with Crippen LogP contribution in [0.2, 0.25) is 0 Å². The zero-order valence-electron chi connectivity index (χ0n) is 18.6. The Hall–Kier alpha value is -3.65. The number of amides is 2. The highest BCUT2D eigenvalue weighted by atomic mass is 32.2. The van der Waals surface area contributed by atoms with Crippen molar-refractivity contribution in [1.29, 1.82) is 0 Å². The third kappa shape index (κ3) is 7.74. The van der Waals surface area contributed by atoms with Gasteiger partial charge in [0.25, 0.3) is 5.91 Å². The highest BCUT2D eigenvalue weighted by Gasteiger charge is 2.16. The molecule has 8 heteroatoms. The fourth-order valence-electron chi connectivity index (χ4n) is 3.06. The highest BCUT2D eigenvalue weighted by molar-refractivity contribution is 8.00. The van der Waals surface area contributed by atoms with Crippen LogP contribution in [0.4, 0.5) is 10.1 Å². The number of benzene rings is 3. The summed E-state index contributed by atoms with van der Waals surface area (Å²) in [6, 6.07) is 22.0. The molecule has 0 bridgehead atoms. The van der Waals surface area contributed by atoms with Gasteiger partial charge in [-0.05, 0) is 47.9 Å². The minimum Gasteiger partial charge on any atom is -0.452 e. The van der Waals surface area contributed by atoms with Crippen molar-refractivity contribution >= 4 is 35.2 Å². The number of halogens is 1. The molecule has 0 saturated heterocycles. The number of esters is 1. The zero-order valence-corrected chi connectivity index (χ0v) is 19.4. The van der Waals surface area contributed by atoms with Crippen LogP contribution in [-0.2, 0) is 14.3 Å². The van der Waals surface area contributed by atoms with Crippen LogP contribution in [0.15, 0.2) is 83.8 Å². The van der Waals surface area contributed by atoms with Gasteiger partial charge in [-0.25, -0.2) is 9.18 Å². The lowest BCUT2D eigenvalue weighted by atomic mass is 10.0. The van der Waals surface area contributed by atoms with E-state index in [9.17, 15) is 18.8 Å². The molecule has 6 nitrogen and oxygen atoms in total. The summed E-state index contributed by atoms with van der Waals surface area (Å²) in [4.78, 5) is 37.4. The summed E-state index contributed by atoms with van der Waals surface area (Å²) in [6.45, 7) is 2.03. The molecule has 176 valence electrons. The molecule has 3 aromatic carbocycles. The van der Waals surface area contributed by atoms with Crippen molar-refractivity contribution in [3.63, 3.8) is 0 Å². The van der Waals surface area contributed by atoms with Crippen molar-refractivity contribution in [2.45, 2.75) is 17.7 Å². The van der Waals surface area contributed by atoms with Crippen molar-refractivity contribution < 1.29 is 23.5 Å². The van der Waals surface area contributed by atoms with Crippen LogP contribution < -0.4 is 10.6 Å². The second-order valence-corrected chi connectivity index (χ2v) is 8.55. The summed E-state index contributed by atoms with van der Waals surface area (Å²) < 4.78 is 18.2. The molecule has 0 aromatic heterocycles. The lowest BCUT2D eigenvalue weighted by Gasteiger charge is -2.13. The van der Waals surface area contributed by atoms with E-state index in [0.717, 1.165) is 17.3 Å². The Kier molecular flexibility index (Phi) is 9.22. The smallest absolute Gasteiger partial charge is 0.339 e. The van der Waals surface area contributed by atoms with Crippen molar-refractivity contribution in [2.75, 3.05) is 24.2 Å². The molecule has 0 aliphatic carbocycles. The van der Waals surface area contributed by atoms with E-state index in [1.165, 1.54) is 24.3 Å². The molecule has 2 N–H and O–H groups in total. The molecule has 1 atom stereocenters. The van der Waals surface area contributed by atoms with Gasteiger partial charge in [-0.15, -0.1) is 11.8 Å². The largest absolute Gasteiger partial charge is 0.452 e. The molecule has 34 heavy (non-hydrogen) atoms. The maximum atomic E-state index is 13.0. The van der Waals surface area contributed by atoms with Gasteiger partial charge in [0.05, 0.1) is 11.3 Å². The minimum absolute atomic E-state index is 0.0412. The average Bonchev–Trinajstić information content (AvgIpc) is 2.86. The summed E-state index contributed by atoms with van der Waals surface area (Å²) in [6.07, 6.45) is 0. The first-order valence-corrected chi connectivity index (χ1v) is 11.7. The highest BCUT2D eigenvalue weighted by Crippen LogP contribution is 2.24. The summed E-state index contributed by atoms with van der Waals surface area (Å²) in [5.74, 6) is -1.56. The van der Waals surface area contributed by atoms with E-state index in [4.69, 9.17) is 4.74 Å². The van der Waals surface area contributed by atoms with E-state index >= 15 is 0 Å². The Morgan fingerprint density at radius 3 is 2.32 bits per heavy atom. The summed E-state index contributed by atoms with van der Waals surface area (Å²) >= 11 is 1.16. The number of anilines is 1. The van der Waals surface area contributed by atoms with Gasteiger partial charge in [-0.1, -0.05) is 49.4 Å². The van der Waals surface area contributed by atoms with Crippen LogP contribution in [0, 0.1) is 5.82 Å². The monoisotopic (exact) mass is 480 g/mol. The molecular weight excluding hydrogens is 455 g/mol.